The first-order chi connectivity index (χ1) is 14.9. The second-order valence-electron chi connectivity index (χ2n) is 7.65. The fourth-order valence-corrected chi connectivity index (χ4v) is 3.99. The Hall–Kier alpha value is -2.81. The summed E-state index contributed by atoms with van der Waals surface area (Å²) in [6.45, 7) is 7.18. The zero-order valence-electron chi connectivity index (χ0n) is 17.0. The normalized spacial score (nSPS) is 15.3. The fraction of sp³-hybridized carbons (Fsp3) is 0.409. The summed E-state index contributed by atoms with van der Waals surface area (Å²) in [6, 6.07) is 12.0. The number of rotatable bonds is 8. The maximum Gasteiger partial charge on any atom is 0.160 e. The predicted octanol–water partition coefficient (Wildman–Crippen LogP) is 2.17. The third kappa shape index (κ3) is 4.21. The van der Waals surface area contributed by atoms with Gasteiger partial charge in [-0.1, -0.05) is 12.1 Å². The van der Waals surface area contributed by atoms with Gasteiger partial charge in [0.25, 0.3) is 0 Å². The van der Waals surface area contributed by atoms with E-state index >= 15 is 0 Å². The molecule has 8 heteroatoms. The smallest absolute Gasteiger partial charge is 0.160 e. The second-order valence-corrected chi connectivity index (χ2v) is 7.65. The first-order valence-electron chi connectivity index (χ1n) is 10.6. The average molecular weight is 406 g/mol. The highest BCUT2D eigenvalue weighted by atomic mass is 16.5. The van der Waals surface area contributed by atoms with Crippen molar-refractivity contribution in [3.63, 3.8) is 0 Å². The molecule has 1 saturated heterocycles. The van der Waals surface area contributed by atoms with E-state index in [-0.39, 0.29) is 0 Å². The minimum Gasteiger partial charge on any atom is -0.379 e. The van der Waals surface area contributed by atoms with Crippen LogP contribution >= 0.6 is 0 Å². The largest absolute Gasteiger partial charge is 0.379 e. The summed E-state index contributed by atoms with van der Waals surface area (Å²) in [7, 11) is 0. The maximum absolute atomic E-state index is 5.41. The van der Waals surface area contributed by atoms with E-state index in [0.29, 0.717) is 13.1 Å². The molecule has 8 nitrogen and oxygen atoms in total. The summed E-state index contributed by atoms with van der Waals surface area (Å²) < 4.78 is 7.57. The molecule has 1 fully saturated rings. The molecule has 0 bridgehead atoms. The van der Waals surface area contributed by atoms with Crippen molar-refractivity contribution in [3.8, 4) is 0 Å². The monoisotopic (exact) mass is 405 g/mol. The number of hydrogen-bond donors (Lipinski definition) is 2. The predicted molar refractivity (Wildman–Crippen MR) is 116 cm³/mol. The molecule has 1 aliphatic heterocycles. The highest BCUT2D eigenvalue weighted by molar-refractivity contribution is 5.75. The van der Waals surface area contributed by atoms with Crippen molar-refractivity contribution in [2.75, 3.05) is 39.4 Å². The van der Waals surface area contributed by atoms with Crippen LogP contribution in [-0.2, 0) is 17.8 Å². The van der Waals surface area contributed by atoms with E-state index in [9.17, 15) is 0 Å². The van der Waals surface area contributed by atoms with Gasteiger partial charge < -0.3 is 19.6 Å². The first-order valence-corrected chi connectivity index (χ1v) is 10.6. The lowest BCUT2D eigenvalue weighted by molar-refractivity contribution is 0.0374. The number of morpholine rings is 1. The third-order valence-corrected chi connectivity index (χ3v) is 5.54. The molecule has 0 atom stereocenters. The van der Waals surface area contributed by atoms with Crippen molar-refractivity contribution in [2.45, 2.75) is 19.5 Å². The van der Waals surface area contributed by atoms with E-state index in [1.165, 1.54) is 0 Å². The van der Waals surface area contributed by atoms with Gasteiger partial charge in [0.05, 0.1) is 37.3 Å². The van der Waals surface area contributed by atoms with Gasteiger partial charge in [-0.15, -0.1) is 0 Å². The highest BCUT2D eigenvalue weighted by Crippen LogP contribution is 2.17. The van der Waals surface area contributed by atoms with Crippen LogP contribution in [0.3, 0.4) is 0 Å². The third-order valence-electron chi connectivity index (χ3n) is 5.54. The number of H-pyrrole nitrogens is 1. The van der Waals surface area contributed by atoms with Crippen molar-refractivity contribution in [1.29, 1.82) is 0 Å². The second kappa shape index (κ2) is 8.91. The standard InChI is InChI=1S/C22H27N7O/c1-2-6-18-17(5-1)25-20(26-18)16-29-21(27-19-7-3-9-24-22(19)29)15-23-8-4-10-28-11-13-30-14-12-28/h1-3,5-7,9,23H,4,8,10-16H2,(H,25,26). The number of aromatic amines is 1. The molecule has 0 aliphatic carbocycles. The summed E-state index contributed by atoms with van der Waals surface area (Å²) in [5.41, 5.74) is 3.84. The Labute approximate surface area is 175 Å². The summed E-state index contributed by atoms with van der Waals surface area (Å²) >= 11 is 0. The van der Waals surface area contributed by atoms with Crippen molar-refractivity contribution in [1.82, 2.24) is 34.7 Å². The van der Waals surface area contributed by atoms with Crippen LogP contribution in [-0.4, -0.2) is 68.8 Å². The number of aromatic nitrogens is 5. The van der Waals surface area contributed by atoms with E-state index in [2.05, 4.69) is 24.8 Å². The van der Waals surface area contributed by atoms with E-state index in [0.717, 1.165) is 79.7 Å². The Bertz CT molecular complexity index is 1080. The number of fused-ring (bicyclic) bond motifs is 2. The van der Waals surface area contributed by atoms with Gasteiger partial charge in [0.2, 0.25) is 0 Å². The van der Waals surface area contributed by atoms with Gasteiger partial charge in [0.1, 0.15) is 17.2 Å². The van der Waals surface area contributed by atoms with Gasteiger partial charge >= 0.3 is 0 Å². The number of imidazole rings is 2. The van der Waals surface area contributed by atoms with E-state index < -0.39 is 0 Å². The molecule has 156 valence electrons. The Balaban J connectivity index is 1.27. The van der Waals surface area contributed by atoms with Gasteiger partial charge in [0.15, 0.2) is 5.65 Å². The molecule has 0 unspecified atom stereocenters. The minimum absolute atomic E-state index is 0.618. The molecule has 0 amide bonds. The van der Waals surface area contributed by atoms with E-state index in [1.54, 1.807) is 0 Å². The molecule has 5 rings (SSSR count). The average Bonchev–Trinajstić information content (AvgIpc) is 3.35. The topological polar surface area (TPSA) is 83.9 Å². The van der Waals surface area contributed by atoms with Crippen molar-refractivity contribution < 1.29 is 4.74 Å². The van der Waals surface area contributed by atoms with Crippen LogP contribution in [0.2, 0.25) is 0 Å². The molecule has 3 aromatic heterocycles. The van der Waals surface area contributed by atoms with Crippen LogP contribution in [0.25, 0.3) is 22.2 Å². The highest BCUT2D eigenvalue weighted by Gasteiger charge is 2.14. The summed E-state index contributed by atoms with van der Waals surface area (Å²) in [5.74, 6) is 1.89. The zero-order chi connectivity index (χ0) is 20.2. The lowest BCUT2D eigenvalue weighted by atomic mass is 10.3. The lowest BCUT2D eigenvalue weighted by Gasteiger charge is -2.26. The zero-order valence-corrected chi connectivity index (χ0v) is 17.0. The molecule has 2 N–H and O–H groups in total. The lowest BCUT2D eigenvalue weighted by Crippen LogP contribution is -2.37. The summed E-state index contributed by atoms with van der Waals surface area (Å²) in [4.78, 5) is 20.0. The molecule has 0 saturated carbocycles. The summed E-state index contributed by atoms with van der Waals surface area (Å²) in [5, 5.41) is 3.56. The molecule has 1 aromatic carbocycles. The maximum atomic E-state index is 5.41. The number of nitrogens with zero attached hydrogens (tertiary/aromatic N) is 5. The molecular formula is C22H27N7O. The van der Waals surface area contributed by atoms with Crippen LogP contribution in [0.15, 0.2) is 42.6 Å². The Morgan fingerprint density at radius 1 is 1.03 bits per heavy atom. The molecule has 1 aliphatic rings. The number of hydrogen-bond acceptors (Lipinski definition) is 6. The van der Waals surface area contributed by atoms with Crippen LogP contribution in [0.4, 0.5) is 0 Å². The van der Waals surface area contributed by atoms with Gasteiger partial charge in [-0.2, -0.15) is 0 Å². The SMILES string of the molecule is c1ccc2[nH]c(Cn3c(CNCCCN4CCOCC4)nc4cccnc43)nc2c1. The molecular weight excluding hydrogens is 378 g/mol. The Kier molecular flexibility index (Phi) is 5.69. The van der Waals surface area contributed by atoms with Crippen molar-refractivity contribution in [2.24, 2.45) is 0 Å². The molecule has 0 radical (unpaired) electrons. The Morgan fingerprint density at radius 2 is 1.90 bits per heavy atom. The molecule has 0 spiro atoms. The Morgan fingerprint density at radius 3 is 2.80 bits per heavy atom. The number of ether oxygens (including phenoxy) is 1. The van der Waals surface area contributed by atoms with Crippen molar-refractivity contribution in [3.05, 3.63) is 54.2 Å². The minimum atomic E-state index is 0.618. The van der Waals surface area contributed by atoms with Crippen molar-refractivity contribution >= 4 is 22.2 Å². The van der Waals surface area contributed by atoms with Crippen LogP contribution in [0.1, 0.15) is 18.1 Å². The first kappa shape index (κ1) is 19.2. The van der Waals surface area contributed by atoms with E-state index in [1.807, 2.05) is 42.6 Å². The quantitative estimate of drug-likeness (QED) is 0.437. The summed E-state index contributed by atoms with van der Waals surface area (Å²) in [6.07, 6.45) is 2.93. The molecule has 4 heterocycles. The molecule has 30 heavy (non-hydrogen) atoms. The van der Waals surface area contributed by atoms with Gasteiger partial charge in [0, 0.05) is 19.3 Å². The van der Waals surface area contributed by atoms with Crippen LogP contribution in [0, 0.1) is 0 Å². The fourth-order valence-electron chi connectivity index (χ4n) is 3.99. The molecule has 4 aromatic rings. The number of benzene rings is 1. The number of para-hydroxylation sites is 2. The van der Waals surface area contributed by atoms with Gasteiger partial charge in [-0.25, -0.2) is 15.0 Å². The van der Waals surface area contributed by atoms with E-state index in [4.69, 9.17) is 14.7 Å². The van der Waals surface area contributed by atoms with Crippen LogP contribution < -0.4 is 5.32 Å². The van der Waals surface area contributed by atoms with Crippen LogP contribution in [0.5, 0.6) is 0 Å². The van der Waals surface area contributed by atoms with Gasteiger partial charge in [-0.3, -0.25) is 4.90 Å². The number of pyridine rings is 1. The number of nitrogens with one attached hydrogen (secondary N) is 2. The van der Waals surface area contributed by atoms with Gasteiger partial charge in [-0.05, 0) is 43.8 Å².